The molecule has 2 rings (SSSR count). The summed E-state index contributed by atoms with van der Waals surface area (Å²) in [6.45, 7) is 0. The molecule has 0 saturated heterocycles. The summed E-state index contributed by atoms with van der Waals surface area (Å²) in [5.41, 5.74) is 9.60. The van der Waals surface area contributed by atoms with Gasteiger partial charge in [-0.2, -0.15) is 0 Å². The van der Waals surface area contributed by atoms with E-state index in [4.69, 9.17) is 5.73 Å². The number of rotatable bonds is 0. The molecule has 0 unspecified atom stereocenters. The Kier molecular flexibility index (Phi) is 1.84. The van der Waals surface area contributed by atoms with Crippen molar-refractivity contribution in [2.75, 3.05) is 0 Å². The van der Waals surface area contributed by atoms with E-state index in [1.807, 2.05) is 0 Å². The highest BCUT2D eigenvalue weighted by molar-refractivity contribution is 6.16. The van der Waals surface area contributed by atoms with Crippen molar-refractivity contribution < 1.29 is 4.79 Å². The first-order valence-corrected chi connectivity index (χ1v) is 4.17. The zero-order valence-corrected chi connectivity index (χ0v) is 7.08. The number of hydrogen-bond donors (Lipinski definition) is 2. The molecule has 0 aromatic heterocycles. The Morgan fingerprint density at radius 2 is 2.31 bits per heavy atom. The lowest BCUT2D eigenvalue weighted by Gasteiger charge is -2.14. The zero-order chi connectivity index (χ0) is 9.26. The second kappa shape index (κ2) is 3.01. The number of nitrogens with two attached hydrogens (primary N) is 1. The highest BCUT2D eigenvalue weighted by Crippen LogP contribution is 2.19. The molecule has 0 spiro atoms. The van der Waals surface area contributed by atoms with Crippen molar-refractivity contribution in [3.05, 3.63) is 11.3 Å². The van der Waals surface area contributed by atoms with Crippen molar-refractivity contribution in [1.82, 2.24) is 5.43 Å². The minimum Gasteiger partial charge on any atom is -0.367 e. The molecule has 0 bridgehead atoms. The van der Waals surface area contributed by atoms with Crippen molar-refractivity contribution in [3.8, 4) is 0 Å². The van der Waals surface area contributed by atoms with E-state index in [2.05, 4.69) is 15.5 Å². The number of carbonyl (C=O) groups excluding carboxylic acids is 1. The standard InChI is InChI=1S/C8H10N4O/c9-8-10-4-5-6(11-12-8)2-1-3-7(5)13/h4,11H,1-3H2,(H2,9,12). The van der Waals surface area contributed by atoms with Crippen LogP contribution in [0.4, 0.5) is 0 Å². The number of Topliss-reactive ketones (excluding diaryl/α,β-unsaturated/α-hetero) is 1. The molecular formula is C8H10N4O. The first-order valence-electron chi connectivity index (χ1n) is 4.17. The molecule has 3 N–H and O–H groups in total. The average Bonchev–Trinajstić information content (AvgIpc) is 2.30. The van der Waals surface area contributed by atoms with Gasteiger partial charge in [0.25, 0.3) is 0 Å². The van der Waals surface area contributed by atoms with E-state index in [0.717, 1.165) is 18.5 Å². The van der Waals surface area contributed by atoms with Gasteiger partial charge in [0.05, 0.1) is 5.57 Å². The van der Waals surface area contributed by atoms with Crippen LogP contribution in [0.1, 0.15) is 19.3 Å². The molecule has 1 aliphatic heterocycles. The largest absolute Gasteiger partial charge is 0.367 e. The minimum atomic E-state index is 0.113. The van der Waals surface area contributed by atoms with Crippen LogP contribution < -0.4 is 11.2 Å². The molecule has 0 atom stereocenters. The van der Waals surface area contributed by atoms with Gasteiger partial charge in [-0.15, -0.1) is 5.10 Å². The van der Waals surface area contributed by atoms with Crippen molar-refractivity contribution in [2.45, 2.75) is 19.3 Å². The van der Waals surface area contributed by atoms with Crippen molar-refractivity contribution in [1.29, 1.82) is 0 Å². The van der Waals surface area contributed by atoms with Crippen LogP contribution in [0.25, 0.3) is 0 Å². The van der Waals surface area contributed by atoms with Gasteiger partial charge in [0.2, 0.25) is 5.96 Å². The van der Waals surface area contributed by atoms with Gasteiger partial charge >= 0.3 is 0 Å². The molecule has 0 aromatic rings. The summed E-state index contributed by atoms with van der Waals surface area (Å²) in [5, 5.41) is 3.78. The van der Waals surface area contributed by atoms with E-state index in [9.17, 15) is 4.79 Å². The lowest BCUT2D eigenvalue weighted by atomic mass is 9.96. The third kappa shape index (κ3) is 1.44. The van der Waals surface area contributed by atoms with E-state index in [1.165, 1.54) is 6.21 Å². The molecular weight excluding hydrogens is 168 g/mol. The summed E-state index contributed by atoms with van der Waals surface area (Å²) in [4.78, 5) is 15.2. The molecule has 13 heavy (non-hydrogen) atoms. The fraction of sp³-hybridized carbons (Fsp3) is 0.375. The number of carbonyl (C=O) groups is 1. The maximum atomic E-state index is 11.4. The van der Waals surface area contributed by atoms with Crippen molar-refractivity contribution >= 4 is 18.0 Å². The van der Waals surface area contributed by atoms with Crippen molar-refractivity contribution in [3.63, 3.8) is 0 Å². The zero-order valence-electron chi connectivity index (χ0n) is 7.08. The van der Waals surface area contributed by atoms with Gasteiger partial charge in [0, 0.05) is 18.3 Å². The Balaban J connectivity index is 2.37. The molecule has 0 radical (unpaired) electrons. The Labute approximate surface area is 75.4 Å². The number of ketones is 1. The Morgan fingerprint density at radius 1 is 1.46 bits per heavy atom. The lowest BCUT2D eigenvalue weighted by Crippen LogP contribution is -2.19. The summed E-state index contributed by atoms with van der Waals surface area (Å²) in [6.07, 6.45) is 3.79. The van der Waals surface area contributed by atoms with Gasteiger partial charge in [-0.1, -0.05) is 0 Å². The van der Waals surface area contributed by atoms with Gasteiger partial charge in [-0.3, -0.25) is 10.2 Å². The molecule has 5 heteroatoms. The smallest absolute Gasteiger partial charge is 0.237 e. The predicted molar refractivity (Wildman–Crippen MR) is 49.1 cm³/mol. The number of hydrazone groups is 1. The Hall–Kier alpha value is -1.65. The molecule has 5 nitrogen and oxygen atoms in total. The van der Waals surface area contributed by atoms with Crippen LogP contribution in [0.5, 0.6) is 0 Å². The molecule has 0 fully saturated rings. The number of hydrogen-bond acceptors (Lipinski definition) is 5. The summed E-state index contributed by atoms with van der Waals surface area (Å²) in [7, 11) is 0. The maximum Gasteiger partial charge on any atom is 0.237 e. The lowest BCUT2D eigenvalue weighted by molar-refractivity contribution is -0.115. The van der Waals surface area contributed by atoms with E-state index < -0.39 is 0 Å². The van der Waals surface area contributed by atoms with Gasteiger partial charge < -0.3 is 5.73 Å². The molecule has 1 aliphatic carbocycles. The van der Waals surface area contributed by atoms with Gasteiger partial charge in [0.15, 0.2) is 5.78 Å². The summed E-state index contributed by atoms with van der Waals surface area (Å²) >= 11 is 0. The van der Waals surface area contributed by atoms with Crippen LogP contribution in [-0.2, 0) is 4.79 Å². The molecule has 0 saturated carbocycles. The van der Waals surface area contributed by atoms with Crippen LogP contribution in [0, 0.1) is 0 Å². The first kappa shape index (κ1) is 7.97. The Morgan fingerprint density at radius 3 is 3.15 bits per heavy atom. The van der Waals surface area contributed by atoms with Crippen LogP contribution in [0.2, 0.25) is 0 Å². The molecule has 2 aliphatic rings. The van der Waals surface area contributed by atoms with E-state index in [1.54, 1.807) is 0 Å². The maximum absolute atomic E-state index is 11.4. The van der Waals surface area contributed by atoms with Crippen LogP contribution in [0.15, 0.2) is 21.4 Å². The topological polar surface area (TPSA) is 79.8 Å². The van der Waals surface area contributed by atoms with Gasteiger partial charge in [-0.05, 0) is 12.8 Å². The molecule has 0 aromatic carbocycles. The number of guanidine groups is 1. The van der Waals surface area contributed by atoms with E-state index in [-0.39, 0.29) is 11.7 Å². The second-order valence-corrected chi connectivity index (χ2v) is 3.01. The first-order chi connectivity index (χ1) is 6.27. The summed E-state index contributed by atoms with van der Waals surface area (Å²) < 4.78 is 0. The quantitative estimate of drug-likeness (QED) is 0.543. The predicted octanol–water partition coefficient (Wildman–Crippen LogP) is -0.103. The Bertz CT molecular complexity index is 340. The van der Waals surface area contributed by atoms with Gasteiger partial charge in [0.1, 0.15) is 0 Å². The van der Waals surface area contributed by atoms with E-state index in [0.29, 0.717) is 12.0 Å². The summed E-state index contributed by atoms with van der Waals surface area (Å²) in [6, 6.07) is 0. The molecule has 68 valence electrons. The molecule has 0 amide bonds. The van der Waals surface area contributed by atoms with Crippen molar-refractivity contribution in [2.24, 2.45) is 15.8 Å². The van der Waals surface area contributed by atoms with Gasteiger partial charge in [-0.25, -0.2) is 4.99 Å². The molecule has 1 heterocycles. The SMILES string of the molecule is NC1=NNC2=C(C=N1)C(=O)CCC2. The van der Waals surface area contributed by atoms with Crippen LogP contribution >= 0.6 is 0 Å². The van der Waals surface area contributed by atoms with E-state index >= 15 is 0 Å². The highest BCUT2D eigenvalue weighted by Gasteiger charge is 2.20. The number of allylic oxidation sites excluding steroid dienone is 2. The number of aliphatic imine (C=N–C) groups is 1. The fourth-order valence-electron chi connectivity index (χ4n) is 1.41. The second-order valence-electron chi connectivity index (χ2n) is 3.01. The number of nitrogens with zero attached hydrogens (tertiary/aromatic N) is 2. The fourth-order valence-corrected chi connectivity index (χ4v) is 1.41. The minimum absolute atomic E-state index is 0.113. The van der Waals surface area contributed by atoms with Crippen LogP contribution in [0.3, 0.4) is 0 Å². The highest BCUT2D eigenvalue weighted by atomic mass is 16.1. The average molecular weight is 178 g/mol. The summed E-state index contributed by atoms with van der Waals surface area (Å²) in [5.74, 6) is 0.268. The normalized spacial score (nSPS) is 21.8. The van der Waals surface area contributed by atoms with Crippen LogP contribution in [-0.4, -0.2) is 18.0 Å². The third-order valence-electron chi connectivity index (χ3n) is 2.09. The number of nitrogens with one attached hydrogen (secondary N) is 1. The monoisotopic (exact) mass is 178 g/mol. The third-order valence-corrected chi connectivity index (χ3v) is 2.09.